The number of esters is 1. The summed E-state index contributed by atoms with van der Waals surface area (Å²) in [5.74, 6) is -0.385. The first kappa shape index (κ1) is 13.1. The number of benzene rings is 2. The second-order valence-electron chi connectivity index (χ2n) is 4.83. The van der Waals surface area contributed by atoms with Gasteiger partial charge in [0, 0.05) is 20.2 Å². The molecular weight excluding hydrogens is 268 g/mol. The van der Waals surface area contributed by atoms with Crippen LogP contribution in [-0.4, -0.2) is 12.6 Å². The van der Waals surface area contributed by atoms with Crippen molar-refractivity contribution in [2.45, 2.75) is 19.8 Å². The van der Waals surface area contributed by atoms with Gasteiger partial charge in [0.05, 0.1) is 12.5 Å². The van der Waals surface area contributed by atoms with E-state index in [9.17, 15) is 4.79 Å². The lowest BCUT2D eigenvalue weighted by Gasteiger charge is -2.10. The smallest absolute Gasteiger partial charge is 0.313 e. The van der Waals surface area contributed by atoms with Crippen molar-refractivity contribution in [3.63, 3.8) is 0 Å². The minimum absolute atomic E-state index is 0.161. The minimum Gasteiger partial charge on any atom is -0.466 e. The molecule has 0 aliphatic carbocycles. The molecule has 1 heterocycles. The van der Waals surface area contributed by atoms with Gasteiger partial charge in [-0.2, -0.15) is 0 Å². The largest absolute Gasteiger partial charge is 0.466 e. The first-order valence-electron chi connectivity index (χ1n) is 6.78. The molecule has 3 rings (SSSR count). The highest BCUT2D eigenvalue weighted by Crippen LogP contribution is 2.35. The summed E-state index contributed by atoms with van der Waals surface area (Å²) in [7, 11) is 0. The van der Waals surface area contributed by atoms with Crippen LogP contribution in [0.3, 0.4) is 0 Å². The molecule has 102 valence electrons. The van der Waals surface area contributed by atoms with Gasteiger partial charge in [-0.1, -0.05) is 24.3 Å². The van der Waals surface area contributed by atoms with Crippen molar-refractivity contribution in [3.8, 4) is 0 Å². The van der Waals surface area contributed by atoms with Crippen molar-refractivity contribution < 1.29 is 9.53 Å². The molecule has 0 N–H and O–H groups in total. The van der Waals surface area contributed by atoms with Crippen molar-refractivity contribution >= 4 is 37.5 Å². The Kier molecular flexibility index (Phi) is 3.45. The molecule has 0 bridgehead atoms. The summed E-state index contributed by atoms with van der Waals surface area (Å²) < 4.78 is 7.64. The molecule has 0 amide bonds. The van der Waals surface area contributed by atoms with Crippen molar-refractivity contribution in [2.75, 3.05) is 6.61 Å². The number of ether oxygens (including phenoxy) is 1. The average Bonchev–Trinajstić information content (AvgIpc) is 2.84. The highest BCUT2D eigenvalue weighted by atomic mass is 32.1. The van der Waals surface area contributed by atoms with Gasteiger partial charge >= 0.3 is 5.97 Å². The summed E-state index contributed by atoms with van der Waals surface area (Å²) in [6.07, 6.45) is 0. The Morgan fingerprint density at radius 3 is 2.70 bits per heavy atom. The normalized spacial score (nSPS) is 12.7. The molecular formula is C17H16O2S. The predicted molar refractivity (Wildman–Crippen MR) is 84.4 cm³/mol. The van der Waals surface area contributed by atoms with E-state index in [1.54, 1.807) is 11.3 Å². The summed E-state index contributed by atoms with van der Waals surface area (Å²) in [6.45, 7) is 4.15. The van der Waals surface area contributed by atoms with Crippen molar-refractivity contribution in [1.29, 1.82) is 0 Å². The van der Waals surface area contributed by atoms with Gasteiger partial charge in [0.2, 0.25) is 0 Å². The van der Waals surface area contributed by atoms with E-state index in [4.69, 9.17) is 4.74 Å². The first-order chi connectivity index (χ1) is 9.70. The number of thiophene rings is 1. The number of carbonyl (C=O) groups excluding carboxylic acids is 1. The number of carbonyl (C=O) groups is 1. The van der Waals surface area contributed by atoms with Gasteiger partial charge in [-0.25, -0.2) is 0 Å². The Labute approximate surface area is 122 Å². The third-order valence-electron chi connectivity index (χ3n) is 3.54. The van der Waals surface area contributed by atoms with Gasteiger partial charge in [0.1, 0.15) is 0 Å². The highest BCUT2D eigenvalue weighted by Gasteiger charge is 2.17. The van der Waals surface area contributed by atoms with E-state index in [0.717, 1.165) is 5.56 Å². The fraction of sp³-hybridized carbons (Fsp3) is 0.235. The SMILES string of the molecule is CCOC(=O)C(C)c1ccc2sc3ccccc3c2c1. The molecule has 0 radical (unpaired) electrons. The zero-order chi connectivity index (χ0) is 14.1. The molecule has 0 aliphatic rings. The van der Waals surface area contributed by atoms with Crippen molar-refractivity contribution in [1.82, 2.24) is 0 Å². The molecule has 1 atom stereocenters. The van der Waals surface area contributed by atoms with Gasteiger partial charge in [0.25, 0.3) is 0 Å². The van der Waals surface area contributed by atoms with Gasteiger partial charge in [-0.15, -0.1) is 11.3 Å². The summed E-state index contributed by atoms with van der Waals surface area (Å²) in [5.41, 5.74) is 1.01. The van der Waals surface area contributed by atoms with Crippen LogP contribution in [0.25, 0.3) is 20.2 Å². The van der Waals surface area contributed by atoms with Gasteiger partial charge in [0.15, 0.2) is 0 Å². The van der Waals surface area contributed by atoms with E-state index < -0.39 is 0 Å². The highest BCUT2D eigenvalue weighted by molar-refractivity contribution is 7.25. The van der Waals surface area contributed by atoms with Crippen molar-refractivity contribution in [2.24, 2.45) is 0 Å². The zero-order valence-electron chi connectivity index (χ0n) is 11.6. The monoisotopic (exact) mass is 284 g/mol. The molecule has 0 aliphatic heterocycles. The lowest BCUT2D eigenvalue weighted by atomic mass is 9.99. The summed E-state index contributed by atoms with van der Waals surface area (Å²) >= 11 is 1.78. The fourth-order valence-corrected chi connectivity index (χ4v) is 3.50. The minimum atomic E-state index is -0.224. The second-order valence-corrected chi connectivity index (χ2v) is 5.91. The fourth-order valence-electron chi connectivity index (χ4n) is 2.42. The van der Waals surface area contributed by atoms with Gasteiger partial charge in [-0.05, 0) is 37.6 Å². The molecule has 0 saturated heterocycles. The molecule has 2 nitrogen and oxygen atoms in total. The van der Waals surface area contributed by atoms with Crippen LogP contribution in [0.4, 0.5) is 0 Å². The quantitative estimate of drug-likeness (QED) is 0.650. The Balaban J connectivity index is 2.09. The van der Waals surface area contributed by atoms with E-state index in [1.807, 2.05) is 19.9 Å². The van der Waals surface area contributed by atoms with E-state index in [1.165, 1.54) is 20.2 Å². The Morgan fingerprint density at radius 1 is 1.15 bits per heavy atom. The molecule has 0 saturated carbocycles. The number of rotatable bonds is 3. The molecule has 3 heteroatoms. The molecule has 3 aromatic rings. The third kappa shape index (κ3) is 2.18. The van der Waals surface area contributed by atoms with Crippen molar-refractivity contribution in [3.05, 3.63) is 48.0 Å². The van der Waals surface area contributed by atoms with E-state index in [-0.39, 0.29) is 11.9 Å². The predicted octanol–water partition coefficient (Wildman–Crippen LogP) is 4.72. The van der Waals surface area contributed by atoms with Crippen LogP contribution in [0, 0.1) is 0 Å². The average molecular weight is 284 g/mol. The van der Waals surface area contributed by atoms with E-state index in [0.29, 0.717) is 6.61 Å². The Hall–Kier alpha value is -1.87. The summed E-state index contributed by atoms with van der Waals surface area (Å²) in [5, 5.41) is 2.48. The van der Waals surface area contributed by atoms with Crippen LogP contribution >= 0.6 is 11.3 Å². The molecule has 0 fully saturated rings. The maximum atomic E-state index is 11.9. The van der Waals surface area contributed by atoms with Crippen LogP contribution in [0.2, 0.25) is 0 Å². The zero-order valence-corrected chi connectivity index (χ0v) is 12.4. The number of fused-ring (bicyclic) bond motifs is 3. The Bertz CT molecular complexity index is 773. The van der Waals surface area contributed by atoms with Crippen LogP contribution < -0.4 is 0 Å². The number of hydrogen-bond donors (Lipinski definition) is 0. The third-order valence-corrected chi connectivity index (χ3v) is 4.69. The lowest BCUT2D eigenvalue weighted by Crippen LogP contribution is -2.12. The molecule has 2 aromatic carbocycles. The maximum absolute atomic E-state index is 11.9. The van der Waals surface area contributed by atoms with E-state index in [2.05, 4.69) is 36.4 Å². The van der Waals surface area contributed by atoms with Crippen LogP contribution in [0.15, 0.2) is 42.5 Å². The second kappa shape index (κ2) is 5.25. The topological polar surface area (TPSA) is 26.3 Å². The first-order valence-corrected chi connectivity index (χ1v) is 7.60. The standard InChI is InChI=1S/C17H16O2S/c1-3-19-17(18)11(2)12-8-9-16-14(10-12)13-6-4-5-7-15(13)20-16/h4-11H,3H2,1-2H3. The van der Waals surface area contributed by atoms with Crippen LogP contribution in [0.1, 0.15) is 25.3 Å². The lowest BCUT2D eigenvalue weighted by molar-refractivity contribution is -0.144. The molecule has 20 heavy (non-hydrogen) atoms. The van der Waals surface area contributed by atoms with Crippen LogP contribution in [0.5, 0.6) is 0 Å². The molecule has 0 spiro atoms. The van der Waals surface area contributed by atoms with Gasteiger partial charge in [-0.3, -0.25) is 4.79 Å². The molecule has 1 aromatic heterocycles. The van der Waals surface area contributed by atoms with Crippen LogP contribution in [-0.2, 0) is 9.53 Å². The maximum Gasteiger partial charge on any atom is 0.313 e. The van der Waals surface area contributed by atoms with E-state index >= 15 is 0 Å². The summed E-state index contributed by atoms with van der Waals surface area (Å²) in [6, 6.07) is 14.6. The molecule has 1 unspecified atom stereocenters. The Morgan fingerprint density at radius 2 is 1.90 bits per heavy atom. The van der Waals surface area contributed by atoms with Gasteiger partial charge < -0.3 is 4.74 Å². The number of hydrogen-bond acceptors (Lipinski definition) is 3. The summed E-state index contributed by atoms with van der Waals surface area (Å²) in [4.78, 5) is 11.9.